The number of nitrogens with zero attached hydrogens (tertiary/aromatic N) is 2. The molecule has 0 saturated heterocycles. The van der Waals surface area contributed by atoms with Gasteiger partial charge in [-0.25, -0.2) is 4.98 Å². The number of imidazole rings is 1. The van der Waals surface area contributed by atoms with E-state index in [0.717, 1.165) is 22.3 Å². The fourth-order valence-electron chi connectivity index (χ4n) is 3.10. The SMILES string of the molecule is COc1cc(-c2nc3ccccc3n2-c2ccc(O)c(OC)c2)ccc1O. The van der Waals surface area contributed by atoms with E-state index in [-0.39, 0.29) is 11.5 Å². The number of methoxy groups -OCH3 is 2. The average Bonchev–Trinajstić information content (AvgIpc) is 3.08. The van der Waals surface area contributed by atoms with E-state index in [2.05, 4.69) is 0 Å². The minimum absolute atomic E-state index is 0.0650. The lowest BCUT2D eigenvalue weighted by molar-refractivity contribution is 0.373. The maximum atomic E-state index is 9.94. The van der Waals surface area contributed by atoms with Gasteiger partial charge < -0.3 is 19.7 Å². The summed E-state index contributed by atoms with van der Waals surface area (Å²) in [7, 11) is 3.02. The third-order valence-electron chi connectivity index (χ3n) is 4.42. The van der Waals surface area contributed by atoms with Gasteiger partial charge in [-0.1, -0.05) is 12.1 Å². The van der Waals surface area contributed by atoms with Gasteiger partial charge >= 0.3 is 0 Å². The first kappa shape index (κ1) is 16.8. The zero-order chi connectivity index (χ0) is 19.0. The van der Waals surface area contributed by atoms with Crippen molar-refractivity contribution in [3.8, 4) is 40.1 Å². The molecule has 6 heteroatoms. The van der Waals surface area contributed by atoms with Gasteiger partial charge in [0.15, 0.2) is 23.0 Å². The third-order valence-corrected chi connectivity index (χ3v) is 4.42. The van der Waals surface area contributed by atoms with Crippen LogP contribution in [0.1, 0.15) is 0 Å². The van der Waals surface area contributed by atoms with Crippen LogP contribution in [0.2, 0.25) is 0 Å². The van der Waals surface area contributed by atoms with Crippen molar-refractivity contribution in [2.45, 2.75) is 0 Å². The normalized spacial score (nSPS) is 10.9. The first-order valence-corrected chi connectivity index (χ1v) is 8.34. The summed E-state index contributed by atoms with van der Waals surface area (Å²) in [6.45, 7) is 0. The molecule has 0 aliphatic heterocycles. The third kappa shape index (κ3) is 2.81. The molecule has 3 aromatic carbocycles. The van der Waals surface area contributed by atoms with Crippen molar-refractivity contribution in [1.29, 1.82) is 0 Å². The van der Waals surface area contributed by atoms with E-state index in [4.69, 9.17) is 14.5 Å². The summed E-state index contributed by atoms with van der Waals surface area (Å²) < 4.78 is 12.5. The topological polar surface area (TPSA) is 76.7 Å². The van der Waals surface area contributed by atoms with Gasteiger partial charge in [-0.15, -0.1) is 0 Å². The highest BCUT2D eigenvalue weighted by Gasteiger charge is 2.17. The number of aromatic nitrogens is 2. The Morgan fingerprint density at radius 1 is 0.815 bits per heavy atom. The molecule has 0 fully saturated rings. The molecule has 0 amide bonds. The number of ether oxygens (including phenoxy) is 2. The highest BCUT2D eigenvalue weighted by Crippen LogP contribution is 2.36. The van der Waals surface area contributed by atoms with Crippen LogP contribution in [0, 0.1) is 0 Å². The molecule has 2 N–H and O–H groups in total. The molecule has 0 atom stereocenters. The van der Waals surface area contributed by atoms with Crippen molar-refractivity contribution in [2.24, 2.45) is 0 Å². The van der Waals surface area contributed by atoms with Crippen molar-refractivity contribution in [2.75, 3.05) is 14.2 Å². The Labute approximate surface area is 155 Å². The standard InChI is InChI=1S/C21H18N2O4/c1-26-19-11-13(7-9-17(19)24)21-22-15-5-3-4-6-16(15)23(21)14-8-10-18(25)20(12-14)27-2/h3-12,24-25H,1-2H3. The van der Waals surface area contributed by atoms with Crippen LogP contribution < -0.4 is 9.47 Å². The molecule has 0 saturated carbocycles. The molecule has 6 nitrogen and oxygen atoms in total. The number of hydrogen-bond donors (Lipinski definition) is 2. The molecular weight excluding hydrogens is 344 g/mol. The van der Waals surface area contributed by atoms with E-state index in [0.29, 0.717) is 17.3 Å². The zero-order valence-corrected chi connectivity index (χ0v) is 14.9. The predicted octanol–water partition coefficient (Wildman–Crippen LogP) is 4.12. The highest BCUT2D eigenvalue weighted by molar-refractivity contribution is 5.83. The van der Waals surface area contributed by atoms with Crippen LogP contribution in [0.5, 0.6) is 23.0 Å². The number of benzene rings is 3. The summed E-state index contributed by atoms with van der Waals surface area (Å²) in [6, 6.07) is 18.0. The zero-order valence-electron chi connectivity index (χ0n) is 14.9. The second-order valence-electron chi connectivity index (χ2n) is 6.00. The first-order chi connectivity index (χ1) is 13.1. The number of fused-ring (bicyclic) bond motifs is 1. The number of rotatable bonds is 4. The van der Waals surface area contributed by atoms with Crippen molar-refractivity contribution in [3.63, 3.8) is 0 Å². The fraction of sp³-hybridized carbons (Fsp3) is 0.0952. The Morgan fingerprint density at radius 2 is 1.48 bits per heavy atom. The number of aromatic hydroxyl groups is 2. The maximum Gasteiger partial charge on any atom is 0.162 e. The summed E-state index contributed by atoms with van der Waals surface area (Å²) in [5.41, 5.74) is 3.31. The molecule has 0 aliphatic carbocycles. The smallest absolute Gasteiger partial charge is 0.162 e. The molecule has 27 heavy (non-hydrogen) atoms. The van der Waals surface area contributed by atoms with Crippen LogP contribution >= 0.6 is 0 Å². The van der Waals surface area contributed by atoms with Crippen LogP contribution in [0.4, 0.5) is 0 Å². The van der Waals surface area contributed by atoms with Crippen LogP contribution in [0.3, 0.4) is 0 Å². The van der Waals surface area contributed by atoms with E-state index < -0.39 is 0 Å². The second kappa shape index (κ2) is 6.57. The lowest BCUT2D eigenvalue weighted by atomic mass is 10.1. The molecule has 1 heterocycles. The molecule has 0 spiro atoms. The molecule has 0 radical (unpaired) electrons. The van der Waals surface area contributed by atoms with Crippen molar-refractivity contribution in [3.05, 3.63) is 60.7 Å². The summed E-state index contributed by atoms with van der Waals surface area (Å²) in [5, 5.41) is 19.8. The van der Waals surface area contributed by atoms with Gasteiger partial charge in [0.25, 0.3) is 0 Å². The minimum Gasteiger partial charge on any atom is -0.504 e. The predicted molar refractivity (Wildman–Crippen MR) is 103 cm³/mol. The lowest BCUT2D eigenvalue weighted by Gasteiger charge is -2.13. The quantitative estimate of drug-likeness (QED) is 0.571. The van der Waals surface area contributed by atoms with E-state index >= 15 is 0 Å². The molecule has 0 aliphatic rings. The van der Waals surface area contributed by atoms with E-state index in [9.17, 15) is 10.2 Å². The molecule has 1 aromatic heterocycles. The molecule has 4 rings (SSSR count). The minimum atomic E-state index is 0.0650. The Kier molecular flexibility index (Phi) is 4.08. The molecule has 136 valence electrons. The molecule has 4 aromatic rings. The Morgan fingerprint density at radius 3 is 2.22 bits per heavy atom. The van der Waals surface area contributed by atoms with E-state index in [1.807, 2.05) is 28.8 Å². The monoisotopic (exact) mass is 362 g/mol. The molecule has 0 bridgehead atoms. The summed E-state index contributed by atoms with van der Waals surface area (Å²) in [6.07, 6.45) is 0. The first-order valence-electron chi connectivity index (χ1n) is 8.34. The molecule has 0 unspecified atom stereocenters. The summed E-state index contributed by atoms with van der Waals surface area (Å²) >= 11 is 0. The van der Waals surface area contributed by atoms with E-state index in [1.54, 1.807) is 36.4 Å². The van der Waals surface area contributed by atoms with Crippen LogP contribution in [0.15, 0.2) is 60.7 Å². The Hall–Kier alpha value is -3.67. The highest BCUT2D eigenvalue weighted by atomic mass is 16.5. The number of para-hydroxylation sites is 2. The van der Waals surface area contributed by atoms with Gasteiger partial charge in [-0.2, -0.15) is 0 Å². The van der Waals surface area contributed by atoms with Gasteiger partial charge in [0.1, 0.15) is 5.82 Å². The van der Waals surface area contributed by atoms with Gasteiger partial charge in [0.05, 0.1) is 30.9 Å². The lowest BCUT2D eigenvalue weighted by Crippen LogP contribution is -1.98. The van der Waals surface area contributed by atoms with Gasteiger partial charge in [0.2, 0.25) is 0 Å². The van der Waals surface area contributed by atoms with Gasteiger partial charge in [-0.3, -0.25) is 4.57 Å². The largest absolute Gasteiger partial charge is 0.504 e. The number of hydrogen-bond acceptors (Lipinski definition) is 5. The van der Waals surface area contributed by atoms with Crippen LogP contribution in [-0.4, -0.2) is 34.0 Å². The summed E-state index contributed by atoms with van der Waals surface area (Å²) in [5.74, 6) is 1.56. The van der Waals surface area contributed by atoms with Gasteiger partial charge in [0, 0.05) is 11.6 Å². The van der Waals surface area contributed by atoms with Crippen molar-refractivity contribution in [1.82, 2.24) is 9.55 Å². The average molecular weight is 362 g/mol. The fourth-order valence-corrected chi connectivity index (χ4v) is 3.10. The maximum absolute atomic E-state index is 9.94. The summed E-state index contributed by atoms with van der Waals surface area (Å²) in [4.78, 5) is 4.76. The van der Waals surface area contributed by atoms with Crippen LogP contribution in [-0.2, 0) is 0 Å². The molecular formula is C21H18N2O4. The Balaban J connectivity index is 2.01. The van der Waals surface area contributed by atoms with E-state index in [1.165, 1.54) is 14.2 Å². The number of phenols is 2. The second-order valence-corrected chi connectivity index (χ2v) is 6.00. The van der Waals surface area contributed by atoms with Crippen LogP contribution in [0.25, 0.3) is 28.1 Å². The Bertz CT molecular complexity index is 1130. The van der Waals surface area contributed by atoms with Gasteiger partial charge in [-0.05, 0) is 42.5 Å². The van der Waals surface area contributed by atoms with Crippen molar-refractivity contribution < 1.29 is 19.7 Å². The number of phenolic OH excluding ortho intramolecular Hbond substituents is 2. The van der Waals surface area contributed by atoms with Crippen molar-refractivity contribution >= 4 is 11.0 Å².